The normalized spacial score (nSPS) is 10.3. The van der Waals surface area contributed by atoms with E-state index < -0.39 is 0 Å². The summed E-state index contributed by atoms with van der Waals surface area (Å²) in [5, 5.41) is 3.63. The molecule has 0 aliphatic heterocycles. The molecule has 5 heteroatoms. The maximum Gasteiger partial charge on any atom is 0.128 e. The van der Waals surface area contributed by atoms with Crippen molar-refractivity contribution in [3.05, 3.63) is 58.4 Å². The molecule has 0 unspecified atom stereocenters. The van der Waals surface area contributed by atoms with Crippen LogP contribution in [0.25, 0.3) is 0 Å². The van der Waals surface area contributed by atoms with Crippen LogP contribution in [0.2, 0.25) is 5.02 Å². The Labute approximate surface area is 121 Å². The number of nitrogens with two attached hydrogens (primary N) is 1. The van der Waals surface area contributed by atoms with Crippen LogP contribution >= 0.6 is 23.8 Å². The third kappa shape index (κ3) is 3.22. The van der Waals surface area contributed by atoms with Gasteiger partial charge in [0.1, 0.15) is 10.8 Å². The molecule has 0 saturated carbocycles. The maximum absolute atomic E-state index is 13.5. The van der Waals surface area contributed by atoms with Crippen molar-refractivity contribution in [3.8, 4) is 0 Å². The number of benzene rings is 2. The highest BCUT2D eigenvalue weighted by atomic mass is 35.5. The van der Waals surface area contributed by atoms with Crippen molar-refractivity contribution in [2.45, 2.75) is 6.92 Å². The lowest BCUT2D eigenvalue weighted by Gasteiger charge is -2.12. The molecular weight excluding hydrogens is 283 g/mol. The number of rotatable bonds is 3. The van der Waals surface area contributed by atoms with Gasteiger partial charge in [-0.3, -0.25) is 0 Å². The van der Waals surface area contributed by atoms with Gasteiger partial charge in [-0.25, -0.2) is 4.39 Å². The van der Waals surface area contributed by atoms with Gasteiger partial charge >= 0.3 is 0 Å². The summed E-state index contributed by atoms with van der Waals surface area (Å²) in [6, 6.07) is 10.1. The predicted octanol–water partition coefficient (Wildman–Crippen LogP) is 4.17. The lowest BCUT2D eigenvalue weighted by Crippen LogP contribution is -2.12. The van der Waals surface area contributed by atoms with E-state index in [1.54, 1.807) is 37.3 Å². The van der Waals surface area contributed by atoms with Crippen LogP contribution in [0.5, 0.6) is 0 Å². The first-order valence-corrected chi connectivity index (χ1v) is 6.38. The van der Waals surface area contributed by atoms with Crippen LogP contribution in [-0.2, 0) is 0 Å². The molecule has 0 aromatic heterocycles. The van der Waals surface area contributed by atoms with Gasteiger partial charge in [0.2, 0.25) is 0 Å². The largest absolute Gasteiger partial charge is 0.389 e. The van der Waals surface area contributed by atoms with Gasteiger partial charge in [0.05, 0.1) is 0 Å². The van der Waals surface area contributed by atoms with Crippen LogP contribution < -0.4 is 11.1 Å². The van der Waals surface area contributed by atoms with Gasteiger partial charge in [-0.05, 0) is 42.8 Å². The van der Waals surface area contributed by atoms with Crippen molar-refractivity contribution < 1.29 is 4.39 Å². The molecule has 0 heterocycles. The minimum absolute atomic E-state index is 0.234. The second-order valence-corrected chi connectivity index (χ2v) is 5.02. The molecule has 0 spiro atoms. The van der Waals surface area contributed by atoms with Crippen molar-refractivity contribution in [2.24, 2.45) is 5.73 Å². The lowest BCUT2D eigenvalue weighted by atomic mass is 10.1. The number of hydrogen-bond donors (Lipinski definition) is 2. The van der Waals surface area contributed by atoms with E-state index >= 15 is 0 Å². The fourth-order valence-corrected chi connectivity index (χ4v) is 2.00. The molecular formula is C14H12ClFN2S. The topological polar surface area (TPSA) is 38.0 Å². The first-order valence-electron chi connectivity index (χ1n) is 5.60. The summed E-state index contributed by atoms with van der Waals surface area (Å²) in [5.74, 6) is -0.268. The van der Waals surface area contributed by atoms with Gasteiger partial charge in [-0.15, -0.1) is 0 Å². The van der Waals surface area contributed by atoms with E-state index in [1.165, 1.54) is 6.07 Å². The minimum atomic E-state index is -0.268. The van der Waals surface area contributed by atoms with Crippen LogP contribution in [0.1, 0.15) is 11.1 Å². The molecule has 0 aliphatic rings. The summed E-state index contributed by atoms with van der Waals surface area (Å²) in [7, 11) is 0. The highest BCUT2D eigenvalue weighted by Crippen LogP contribution is 2.25. The van der Waals surface area contributed by atoms with E-state index in [9.17, 15) is 4.39 Å². The molecule has 0 fully saturated rings. The SMILES string of the molecule is Cc1ccc(Nc2ccc(Cl)cc2C(N)=S)cc1F. The van der Waals surface area contributed by atoms with Gasteiger partial charge in [-0.1, -0.05) is 29.9 Å². The molecule has 2 rings (SSSR count). The summed E-state index contributed by atoms with van der Waals surface area (Å²) >= 11 is 10.9. The third-order valence-electron chi connectivity index (χ3n) is 2.70. The molecule has 98 valence electrons. The monoisotopic (exact) mass is 294 g/mol. The number of anilines is 2. The highest BCUT2D eigenvalue weighted by molar-refractivity contribution is 7.80. The number of nitrogens with one attached hydrogen (secondary N) is 1. The van der Waals surface area contributed by atoms with E-state index in [4.69, 9.17) is 29.6 Å². The van der Waals surface area contributed by atoms with E-state index in [1.807, 2.05) is 0 Å². The standard InChI is InChI=1S/C14H12ClFN2S/c1-8-2-4-10(7-12(8)16)18-13-5-3-9(15)6-11(13)14(17)19/h2-7,18H,1H3,(H2,17,19). The van der Waals surface area contributed by atoms with Crippen molar-refractivity contribution in [3.63, 3.8) is 0 Å². The Morgan fingerprint density at radius 1 is 1.26 bits per heavy atom. The molecule has 2 aromatic carbocycles. The highest BCUT2D eigenvalue weighted by Gasteiger charge is 2.07. The van der Waals surface area contributed by atoms with E-state index in [0.717, 1.165) is 0 Å². The van der Waals surface area contributed by atoms with Gasteiger partial charge in [0, 0.05) is 22.0 Å². The number of aryl methyl sites for hydroxylation is 1. The lowest BCUT2D eigenvalue weighted by molar-refractivity contribution is 0.619. The molecule has 2 aromatic rings. The van der Waals surface area contributed by atoms with Gasteiger partial charge < -0.3 is 11.1 Å². The average Bonchev–Trinajstić information content (AvgIpc) is 2.36. The zero-order chi connectivity index (χ0) is 14.0. The second kappa shape index (κ2) is 5.55. The van der Waals surface area contributed by atoms with Crippen LogP contribution in [0.3, 0.4) is 0 Å². The van der Waals surface area contributed by atoms with Gasteiger partial charge in [-0.2, -0.15) is 0 Å². The van der Waals surface area contributed by atoms with Crippen LogP contribution in [0.15, 0.2) is 36.4 Å². The zero-order valence-corrected chi connectivity index (χ0v) is 11.8. The fourth-order valence-electron chi connectivity index (χ4n) is 1.66. The quantitative estimate of drug-likeness (QED) is 0.835. The van der Waals surface area contributed by atoms with Gasteiger partial charge in [0.15, 0.2) is 0 Å². The summed E-state index contributed by atoms with van der Waals surface area (Å²) < 4.78 is 13.5. The maximum atomic E-state index is 13.5. The molecule has 0 saturated heterocycles. The Bertz CT molecular complexity index is 643. The summed E-state index contributed by atoms with van der Waals surface area (Å²) in [6.45, 7) is 1.71. The van der Waals surface area contributed by atoms with E-state index in [2.05, 4.69) is 5.32 Å². The fraction of sp³-hybridized carbons (Fsp3) is 0.0714. The average molecular weight is 295 g/mol. The first kappa shape index (κ1) is 13.8. The van der Waals surface area contributed by atoms with Crippen molar-refractivity contribution in [1.29, 1.82) is 0 Å². The zero-order valence-electron chi connectivity index (χ0n) is 10.2. The number of thiocarbonyl (C=S) groups is 1. The van der Waals surface area contributed by atoms with E-state index in [0.29, 0.717) is 27.5 Å². The summed E-state index contributed by atoms with van der Waals surface area (Å²) in [4.78, 5) is 0.234. The molecule has 0 atom stereocenters. The smallest absolute Gasteiger partial charge is 0.128 e. The van der Waals surface area contributed by atoms with Crippen molar-refractivity contribution in [1.82, 2.24) is 0 Å². The summed E-state index contributed by atoms with van der Waals surface area (Å²) in [6.07, 6.45) is 0. The Kier molecular flexibility index (Phi) is 4.02. The van der Waals surface area contributed by atoms with Crippen molar-refractivity contribution >= 4 is 40.2 Å². The van der Waals surface area contributed by atoms with E-state index in [-0.39, 0.29) is 10.8 Å². The molecule has 3 N–H and O–H groups in total. The molecule has 0 amide bonds. The Hall–Kier alpha value is -1.65. The van der Waals surface area contributed by atoms with Gasteiger partial charge in [0.25, 0.3) is 0 Å². The molecule has 2 nitrogen and oxygen atoms in total. The van der Waals surface area contributed by atoms with Crippen LogP contribution in [0.4, 0.5) is 15.8 Å². The molecule has 19 heavy (non-hydrogen) atoms. The minimum Gasteiger partial charge on any atom is -0.389 e. The Morgan fingerprint density at radius 2 is 2.00 bits per heavy atom. The Morgan fingerprint density at radius 3 is 2.63 bits per heavy atom. The number of hydrogen-bond acceptors (Lipinski definition) is 2. The summed E-state index contributed by atoms with van der Waals surface area (Å²) in [5.41, 5.74) is 8.19. The number of halogens is 2. The van der Waals surface area contributed by atoms with Crippen LogP contribution in [0, 0.1) is 12.7 Å². The molecule has 0 radical (unpaired) electrons. The van der Waals surface area contributed by atoms with Crippen LogP contribution in [-0.4, -0.2) is 4.99 Å². The first-order chi connectivity index (χ1) is 8.97. The predicted molar refractivity (Wildman–Crippen MR) is 81.8 cm³/mol. The third-order valence-corrected chi connectivity index (χ3v) is 3.15. The Balaban J connectivity index is 2.37. The van der Waals surface area contributed by atoms with Crippen molar-refractivity contribution in [2.75, 3.05) is 5.32 Å². The molecule has 0 bridgehead atoms. The second-order valence-electron chi connectivity index (χ2n) is 4.14. The molecule has 0 aliphatic carbocycles.